The standard InChI is InChI=1S/C21H26F3N7O2S/c22-21(23,24)16-6-5-15(17(18(16)34(26,32)33)19-27-29-30-28-19)13-3-1-12(2-4-13)14-9-31(10-14)11-20(25)7-8-20/h1-6,14,19,27-30H,7-11,25H2,(H2,26,32,33). The Morgan fingerprint density at radius 1 is 1.03 bits per heavy atom. The van der Waals surface area contributed by atoms with Gasteiger partial charge in [0.15, 0.2) is 0 Å². The normalized spacial score (nSPS) is 21.6. The number of nitrogens with zero attached hydrogens (tertiary/aromatic N) is 1. The third kappa shape index (κ3) is 4.57. The number of hydrogen-bond donors (Lipinski definition) is 6. The molecule has 2 heterocycles. The minimum atomic E-state index is -4.91. The number of primary sulfonamides is 1. The molecule has 3 aliphatic rings. The Morgan fingerprint density at radius 2 is 1.65 bits per heavy atom. The maximum absolute atomic E-state index is 13.7. The first-order chi connectivity index (χ1) is 15.9. The van der Waals surface area contributed by atoms with Crippen molar-refractivity contribution in [1.82, 2.24) is 26.8 Å². The molecule has 34 heavy (non-hydrogen) atoms. The zero-order valence-electron chi connectivity index (χ0n) is 18.1. The van der Waals surface area contributed by atoms with Gasteiger partial charge in [-0.2, -0.15) is 24.2 Å². The predicted molar refractivity (Wildman–Crippen MR) is 119 cm³/mol. The molecule has 0 amide bonds. The second-order valence-electron chi connectivity index (χ2n) is 9.29. The lowest BCUT2D eigenvalue weighted by Crippen LogP contribution is -2.50. The van der Waals surface area contributed by atoms with Crippen LogP contribution in [0.2, 0.25) is 0 Å². The Morgan fingerprint density at radius 3 is 2.18 bits per heavy atom. The highest BCUT2D eigenvalue weighted by Gasteiger charge is 2.43. The quantitative estimate of drug-likeness (QED) is 0.348. The molecule has 0 unspecified atom stereocenters. The molecule has 5 rings (SSSR count). The van der Waals surface area contributed by atoms with E-state index in [0.29, 0.717) is 17.0 Å². The number of nitrogens with one attached hydrogen (secondary N) is 4. The molecule has 13 heteroatoms. The van der Waals surface area contributed by atoms with Gasteiger partial charge in [0.2, 0.25) is 10.0 Å². The third-order valence-corrected chi connectivity index (χ3v) is 7.66. The summed E-state index contributed by atoms with van der Waals surface area (Å²) < 4.78 is 65.8. The molecule has 184 valence electrons. The summed E-state index contributed by atoms with van der Waals surface area (Å²) in [7, 11) is -4.72. The first kappa shape index (κ1) is 23.6. The van der Waals surface area contributed by atoms with Gasteiger partial charge in [-0.25, -0.2) is 24.4 Å². The second kappa shape index (κ2) is 8.24. The predicted octanol–water partition coefficient (Wildman–Crippen LogP) is 1.03. The summed E-state index contributed by atoms with van der Waals surface area (Å²) in [5, 5.41) is 5.28. The van der Waals surface area contributed by atoms with Crippen molar-refractivity contribution in [3.63, 3.8) is 0 Å². The Labute approximate surface area is 195 Å². The van der Waals surface area contributed by atoms with Crippen LogP contribution in [0.4, 0.5) is 13.2 Å². The first-order valence-electron chi connectivity index (χ1n) is 10.8. The Balaban J connectivity index is 1.48. The van der Waals surface area contributed by atoms with E-state index in [0.717, 1.165) is 44.1 Å². The minimum absolute atomic E-state index is 0.0269. The molecule has 2 aromatic rings. The molecule has 1 saturated carbocycles. The van der Waals surface area contributed by atoms with Crippen LogP contribution in [0, 0.1) is 0 Å². The number of nitrogens with two attached hydrogens (primary N) is 2. The molecule has 0 atom stereocenters. The van der Waals surface area contributed by atoms with Gasteiger partial charge in [-0.1, -0.05) is 30.3 Å². The Kier molecular flexibility index (Phi) is 5.73. The van der Waals surface area contributed by atoms with Gasteiger partial charge in [-0.05, 0) is 35.6 Å². The maximum atomic E-state index is 13.7. The van der Waals surface area contributed by atoms with Crippen molar-refractivity contribution in [3.8, 4) is 11.1 Å². The van der Waals surface area contributed by atoms with Crippen molar-refractivity contribution in [2.75, 3.05) is 19.6 Å². The number of halogens is 3. The highest BCUT2D eigenvalue weighted by molar-refractivity contribution is 7.89. The second-order valence-corrected chi connectivity index (χ2v) is 10.8. The molecule has 2 aromatic carbocycles. The van der Waals surface area contributed by atoms with Crippen LogP contribution in [0.1, 0.15) is 41.6 Å². The highest BCUT2D eigenvalue weighted by Crippen LogP contribution is 2.42. The third-order valence-electron chi connectivity index (χ3n) is 6.65. The van der Waals surface area contributed by atoms with Crippen LogP contribution < -0.4 is 32.8 Å². The largest absolute Gasteiger partial charge is 0.417 e. The SMILES string of the molecule is NC1(CN2CC(c3ccc(-c4ccc(C(F)(F)F)c(S(N)(=O)=O)c4C4NNNN4)cc3)C2)CC1. The van der Waals surface area contributed by atoms with Crippen molar-refractivity contribution in [2.24, 2.45) is 10.9 Å². The van der Waals surface area contributed by atoms with Crippen molar-refractivity contribution in [3.05, 3.63) is 53.1 Å². The average Bonchev–Trinajstić information content (AvgIpc) is 3.22. The molecule has 0 aromatic heterocycles. The van der Waals surface area contributed by atoms with Crippen LogP contribution in [-0.2, 0) is 16.2 Å². The lowest BCUT2D eigenvalue weighted by atomic mass is 9.88. The average molecular weight is 498 g/mol. The van der Waals surface area contributed by atoms with Crippen molar-refractivity contribution in [1.29, 1.82) is 0 Å². The van der Waals surface area contributed by atoms with Crippen LogP contribution >= 0.6 is 0 Å². The molecule has 2 aliphatic heterocycles. The van der Waals surface area contributed by atoms with Crippen molar-refractivity contribution >= 4 is 10.0 Å². The smallest absolute Gasteiger partial charge is 0.324 e. The first-order valence-corrected chi connectivity index (χ1v) is 12.4. The topological polar surface area (TPSA) is 138 Å². The summed E-state index contributed by atoms with van der Waals surface area (Å²) in [6.45, 7) is 2.72. The van der Waals surface area contributed by atoms with E-state index >= 15 is 0 Å². The zero-order chi connectivity index (χ0) is 24.3. The van der Waals surface area contributed by atoms with E-state index in [2.05, 4.69) is 26.8 Å². The fraction of sp³-hybridized carbons (Fsp3) is 0.429. The Bertz CT molecular complexity index is 1190. The fourth-order valence-corrected chi connectivity index (χ4v) is 5.70. The van der Waals surface area contributed by atoms with E-state index in [9.17, 15) is 21.6 Å². The summed E-state index contributed by atoms with van der Waals surface area (Å²) in [4.78, 5) is 1.36. The van der Waals surface area contributed by atoms with Gasteiger partial charge in [-0.15, -0.1) is 0 Å². The zero-order valence-corrected chi connectivity index (χ0v) is 18.9. The van der Waals surface area contributed by atoms with E-state index in [1.165, 1.54) is 6.07 Å². The number of likely N-dealkylation sites (tertiary alicyclic amines) is 1. The van der Waals surface area contributed by atoms with E-state index in [4.69, 9.17) is 10.9 Å². The van der Waals surface area contributed by atoms with Gasteiger partial charge in [0.1, 0.15) is 11.1 Å². The van der Waals surface area contributed by atoms with Crippen LogP contribution in [0.15, 0.2) is 41.3 Å². The number of hydrazine groups is 3. The molecular formula is C21H26F3N7O2S. The Hall–Kier alpha value is -2.10. The van der Waals surface area contributed by atoms with Gasteiger partial charge in [-0.3, -0.25) is 0 Å². The van der Waals surface area contributed by atoms with E-state index in [-0.39, 0.29) is 11.1 Å². The molecule has 2 saturated heterocycles. The summed E-state index contributed by atoms with van der Waals surface area (Å²) in [5.74, 6) is 0.357. The van der Waals surface area contributed by atoms with Gasteiger partial charge >= 0.3 is 6.18 Å². The number of alkyl halides is 3. The molecule has 0 bridgehead atoms. The van der Waals surface area contributed by atoms with Gasteiger partial charge in [0.05, 0.1) is 5.56 Å². The van der Waals surface area contributed by atoms with E-state index in [1.54, 1.807) is 12.1 Å². The van der Waals surface area contributed by atoms with Crippen LogP contribution in [0.5, 0.6) is 0 Å². The van der Waals surface area contributed by atoms with E-state index < -0.39 is 32.8 Å². The minimum Gasteiger partial charge on any atom is -0.324 e. The summed E-state index contributed by atoms with van der Waals surface area (Å²) in [6, 6.07) is 9.46. The summed E-state index contributed by atoms with van der Waals surface area (Å²) in [6.07, 6.45) is -3.77. The molecular weight excluding hydrogens is 471 g/mol. The van der Waals surface area contributed by atoms with Crippen LogP contribution in [0.25, 0.3) is 11.1 Å². The van der Waals surface area contributed by atoms with Gasteiger partial charge in [0.25, 0.3) is 0 Å². The molecule has 1 aliphatic carbocycles. The number of hydrogen-bond acceptors (Lipinski definition) is 8. The van der Waals surface area contributed by atoms with Gasteiger partial charge in [0, 0.05) is 36.7 Å². The monoisotopic (exact) mass is 497 g/mol. The molecule has 9 nitrogen and oxygen atoms in total. The number of sulfonamides is 1. The molecule has 8 N–H and O–H groups in total. The molecule has 0 spiro atoms. The maximum Gasteiger partial charge on any atom is 0.417 e. The van der Waals surface area contributed by atoms with Crippen LogP contribution in [-0.4, -0.2) is 38.5 Å². The highest BCUT2D eigenvalue weighted by atomic mass is 32.2. The lowest BCUT2D eigenvalue weighted by molar-refractivity contribution is -0.140. The molecule has 3 fully saturated rings. The lowest BCUT2D eigenvalue weighted by Gasteiger charge is -2.41. The van der Waals surface area contributed by atoms with Crippen LogP contribution in [0.3, 0.4) is 0 Å². The number of rotatable bonds is 6. The summed E-state index contributed by atoms with van der Waals surface area (Å²) in [5.41, 5.74) is 17.1. The number of benzene rings is 2. The van der Waals surface area contributed by atoms with Gasteiger partial charge < -0.3 is 10.6 Å². The van der Waals surface area contributed by atoms with E-state index in [1.807, 2.05) is 12.1 Å². The molecule has 0 radical (unpaired) electrons. The van der Waals surface area contributed by atoms with Crippen molar-refractivity contribution in [2.45, 2.75) is 41.5 Å². The fourth-order valence-electron chi connectivity index (χ4n) is 4.67. The van der Waals surface area contributed by atoms with Crippen molar-refractivity contribution < 1.29 is 21.6 Å². The summed E-state index contributed by atoms with van der Waals surface area (Å²) >= 11 is 0.